The SMILES string of the molecule is CC1CN(S(=O)(=O)CS(C)(=O)=O)CC1C(=O)O. The molecular formula is C8H15NO6S2. The van der Waals surface area contributed by atoms with Crippen LogP contribution in [-0.4, -0.2) is 56.6 Å². The fraction of sp³-hybridized carbons (Fsp3) is 0.875. The summed E-state index contributed by atoms with van der Waals surface area (Å²) >= 11 is 0. The zero-order valence-corrected chi connectivity index (χ0v) is 11.2. The van der Waals surface area contributed by atoms with E-state index in [2.05, 4.69) is 0 Å². The van der Waals surface area contributed by atoms with Crippen molar-refractivity contribution < 1.29 is 26.7 Å². The van der Waals surface area contributed by atoms with Crippen LogP contribution in [0.2, 0.25) is 0 Å². The topological polar surface area (TPSA) is 109 Å². The Hall–Kier alpha value is -0.670. The number of carbonyl (C=O) groups is 1. The summed E-state index contributed by atoms with van der Waals surface area (Å²) in [6.07, 6.45) is 0.832. The van der Waals surface area contributed by atoms with Crippen LogP contribution in [0, 0.1) is 11.8 Å². The van der Waals surface area contributed by atoms with Crippen molar-refractivity contribution in [3.05, 3.63) is 0 Å². The summed E-state index contributed by atoms with van der Waals surface area (Å²) in [7, 11) is -7.59. The molecule has 0 saturated carbocycles. The molecule has 0 aromatic heterocycles. The van der Waals surface area contributed by atoms with Gasteiger partial charge < -0.3 is 5.11 Å². The van der Waals surface area contributed by atoms with Gasteiger partial charge in [-0.1, -0.05) is 6.92 Å². The number of hydrogen-bond acceptors (Lipinski definition) is 5. The van der Waals surface area contributed by atoms with Gasteiger partial charge in [-0.2, -0.15) is 4.31 Å². The molecule has 1 rings (SSSR count). The van der Waals surface area contributed by atoms with E-state index >= 15 is 0 Å². The molecule has 17 heavy (non-hydrogen) atoms. The average molecular weight is 285 g/mol. The van der Waals surface area contributed by atoms with Crippen LogP contribution >= 0.6 is 0 Å². The van der Waals surface area contributed by atoms with Crippen LogP contribution in [0.25, 0.3) is 0 Å². The summed E-state index contributed by atoms with van der Waals surface area (Å²) in [5.74, 6) is -2.15. The lowest BCUT2D eigenvalue weighted by Gasteiger charge is -2.14. The van der Waals surface area contributed by atoms with Crippen LogP contribution in [0.1, 0.15) is 6.92 Å². The Balaban J connectivity index is 2.87. The molecule has 2 atom stereocenters. The molecule has 1 aliphatic rings. The van der Waals surface area contributed by atoms with Gasteiger partial charge in [-0.3, -0.25) is 4.79 Å². The number of hydrogen-bond donors (Lipinski definition) is 1. The van der Waals surface area contributed by atoms with Crippen molar-refractivity contribution in [3.63, 3.8) is 0 Å². The Labute approximate surface area is 100 Å². The quantitative estimate of drug-likeness (QED) is 0.707. The Morgan fingerprint density at radius 2 is 1.82 bits per heavy atom. The van der Waals surface area contributed by atoms with E-state index in [4.69, 9.17) is 5.11 Å². The predicted molar refractivity (Wildman–Crippen MR) is 60.5 cm³/mol. The van der Waals surface area contributed by atoms with Crippen LogP contribution in [0.3, 0.4) is 0 Å². The summed E-state index contributed by atoms with van der Waals surface area (Å²) in [5, 5.41) is 7.89. The van der Waals surface area contributed by atoms with Gasteiger partial charge in [-0.05, 0) is 5.92 Å². The maximum atomic E-state index is 11.7. The van der Waals surface area contributed by atoms with Gasteiger partial charge in [-0.15, -0.1) is 0 Å². The molecule has 1 aliphatic heterocycles. The molecule has 7 nitrogen and oxygen atoms in total. The second-order valence-corrected chi connectivity index (χ2v) is 8.87. The number of carboxylic acids is 1. The van der Waals surface area contributed by atoms with E-state index < -0.39 is 36.8 Å². The first-order valence-corrected chi connectivity index (χ1v) is 8.58. The highest BCUT2D eigenvalue weighted by molar-refractivity contribution is 8.06. The Morgan fingerprint density at radius 1 is 1.29 bits per heavy atom. The van der Waals surface area contributed by atoms with Crippen molar-refractivity contribution in [2.45, 2.75) is 6.92 Å². The number of carboxylic acid groups (broad SMARTS) is 1. The van der Waals surface area contributed by atoms with Crippen LogP contribution in [0.5, 0.6) is 0 Å². The fourth-order valence-electron chi connectivity index (χ4n) is 1.82. The third-order valence-electron chi connectivity index (χ3n) is 2.65. The highest BCUT2D eigenvalue weighted by atomic mass is 32.3. The third kappa shape index (κ3) is 3.65. The number of nitrogens with zero attached hydrogens (tertiary/aromatic N) is 1. The summed E-state index contributed by atoms with van der Waals surface area (Å²) in [5.41, 5.74) is 0. The normalized spacial score (nSPS) is 27.2. The van der Waals surface area contributed by atoms with Crippen LogP contribution in [-0.2, 0) is 24.7 Å². The molecule has 0 spiro atoms. The van der Waals surface area contributed by atoms with E-state index in [-0.39, 0.29) is 19.0 Å². The molecular weight excluding hydrogens is 270 g/mol. The standard InChI is InChI=1S/C8H15NO6S2/c1-6-3-9(4-7(6)8(10)11)17(14,15)5-16(2,12)13/h6-7H,3-5H2,1-2H3,(H,10,11). The minimum atomic E-state index is -3.94. The molecule has 1 N–H and O–H groups in total. The van der Waals surface area contributed by atoms with E-state index in [9.17, 15) is 21.6 Å². The lowest BCUT2D eigenvalue weighted by Crippen LogP contribution is -2.34. The van der Waals surface area contributed by atoms with Gasteiger partial charge in [0.1, 0.15) is 0 Å². The van der Waals surface area contributed by atoms with Gasteiger partial charge in [0.25, 0.3) is 0 Å². The summed E-state index contributed by atoms with van der Waals surface area (Å²) in [6, 6.07) is 0. The predicted octanol–water partition coefficient (Wildman–Crippen LogP) is -1.03. The van der Waals surface area contributed by atoms with Crippen LogP contribution in [0.15, 0.2) is 0 Å². The van der Waals surface area contributed by atoms with Crippen molar-refractivity contribution in [3.8, 4) is 0 Å². The molecule has 100 valence electrons. The van der Waals surface area contributed by atoms with E-state index in [1.165, 1.54) is 0 Å². The molecule has 0 aromatic carbocycles. The van der Waals surface area contributed by atoms with E-state index in [0.29, 0.717) is 0 Å². The van der Waals surface area contributed by atoms with Crippen molar-refractivity contribution >= 4 is 25.8 Å². The first kappa shape index (κ1) is 14.4. The van der Waals surface area contributed by atoms with Crippen molar-refractivity contribution in [1.29, 1.82) is 0 Å². The van der Waals surface area contributed by atoms with Gasteiger partial charge in [0.2, 0.25) is 10.0 Å². The minimum absolute atomic E-state index is 0.0504. The van der Waals surface area contributed by atoms with Crippen molar-refractivity contribution in [2.75, 3.05) is 24.4 Å². The molecule has 1 saturated heterocycles. The maximum Gasteiger partial charge on any atom is 0.308 e. The molecule has 9 heteroatoms. The molecule has 0 amide bonds. The van der Waals surface area contributed by atoms with E-state index in [1.54, 1.807) is 6.92 Å². The van der Waals surface area contributed by atoms with Crippen LogP contribution < -0.4 is 0 Å². The summed E-state index contributed by atoms with van der Waals surface area (Å²) < 4.78 is 46.3. The molecule has 0 bridgehead atoms. The highest BCUT2D eigenvalue weighted by Crippen LogP contribution is 2.25. The first-order valence-electron chi connectivity index (χ1n) is 4.91. The second kappa shape index (κ2) is 4.54. The van der Waals surface area contributed by atoms with Gasteiger partial charge in [0, 0.05) is 19.3 Å². The number of sulfonamides is 1. The van der Waals surface area contributed by atoms with E-state index in [0.717, 1.165) is 10.6 Å². The smallest absolute Gasteiger partial charge is 0.308 e. The lowest BCUT2D eigenvalue weighted by molar-refractivity contribution is -0.142. The van der Waals surface area contributed by atoms with Crippen molar-refractivity contribution in [2.24, 2.45) is 11.8 Å². The average Bonchev–Trinajstić information content (AvgIpc) is 2.43. The zero-order valence-electron chi connectivity index (χ0n) is 9.53. The summed E-state index contributed by atoms with van der Waals surface area (Å²) in [4.78, 5) is 10.8. The van der Waals surface area contributed by atoms with Crippen LogP contribution in [0.4, 0.5) is 0 Å². The molecule has 0 aromatic rings. The van der Waals surface area contributed by atoms with Gasteiger partial charge in [0.05, 0.1) is 5.92 Å². The molecule has 1 heterocycles. The Bertz CT molecular complexity index is 508. The van der Waals surface area contributed by atoms with Gasteiger partial charge in [0.15, 0.2) is 14.9 Å². The lowest BCUT2D eigenvalue weighted by atomic mass is 9.99. The number of aliphatic carboxylic acids is 1. The Morgan fingerprint density at radius 3 is 2.18 bits per heavy atom. The zero-order chi connectivity index (χ0) is 13.4. The fourth-order valence-corrected chi connectivity index (χ4v) is 5.43. The van der Waals surface area contributed by atoms with Gasteiger partial charge in [-0.25, -0.2) is 16.8 Å². The summed E-state index contributed by atoms with van der Waals surface area (Å²) in [6.45, 7) is 1.53. The Kier molecular flexibility index (Phi) is 3.84. The van der Waals surface area contributed by atoms with Crippen molar-refractivity contribution in [1.82, 2.24) is 4.31 Å². The third-order valence-corrected chi connectivity index (χ3v) is 6.64. The maximum absolute atomic E-state index is 11.7. The highest BCUT2D eigenvalue weighted by Gasteiger charge is 2.40. The van der Waals surface area contributed by atoms with E-state index in [1.807, 2.05) is 0 Å². The second-order valence-electron chi connectivity index (χ2n) is 4.39. The number of sulfone groups is 1. The molecule has 1 fully saturated rings. The largest absolute Gasteiger partial charge is 0.481 e. The molecule has 2 unspecified atom stereocenters. The monoisotopic (exact) mass is 285 g/mol. The molecule has 0 radical (unpaired) electrons. The minimum Gasteiger partial charge on any atom is -0.481 e. The molecule has 0 aliphatic carbocycles. The number of rotatable bonds is 4. The van der Waals surface area contributed by atoms with Gasteiger partial charge >= 0.3 is 5.97 Å². The first-order chi connectivity index (χ1) is 7.53.